The zero-order valence-corrected chi connectivity index (χ0v) is 9.68. The van der Waals surface area contributed by atoms with Gasteiger partial charge in [-0.1, -0.05) is 20.3 Å². The average molecular weight is 205 g/mol. The predicted octanol–water partition coefficient (Wildman–Crippen LogP) is 2.52. The van der Waals surface area contributed by atoms with E-state index in [9.17, 15) is 4.39 Å². The fraction of sp³-hybridized carbons (Fsp3) is 1.00. The Morgan fingerprint density at radius 2 is 2.14 bits per heavy atom. The number of ether oxygens (including phenoxy) is 1. The summed E-state index contributed by atoms with van der Waals surface area (Å²) in [6.07, 6.45) is 2.84. The molecule has 0 rings (SSSR count). The van der Waals surface area contributed by atoms with Gasteiger partial charge in [0.2, 0.25) is 0 Å². The summed E-state index contributed by atoms with van der Waals surface area (Å²) in [5.74, 6) is 0.410. The van der Waals surface area contributed by atoms with Crippen molar-refractivity contribution in [3.05, 3.63) is 0 Å². The first-order valence-electron chi connectivity index (χ1n) is 5.46. The van der Waals surface area contributed by atoms with Crippen LogP contribution >= 0.6 is 0 Å². The lowest BCUT2D eigenvalue weighted by Crippen LogP contribution is -2.32. The van der Waals surface area contributed by atoms with Crippen molar-refractivity contribution in [3.63, 3.8) is 0 Å². The Kier molecular flexibility index (Phi) is 7.11. The first-order valence-corrected chi connectivity index (χ1v) is 5.46. The molecule has 0 aromatic rings. The first-order chi connectivity index (χ1) is 6.58. The molecule has 0 bridgehead atoms. The van der Waals surface area contributed by atoms with Gasteiger partial charge >= 0.3 is 0 Å². The third-order valence-corrected chi connectivity index (χ3v) is 2.64. The molecule has 0 fully saturated rings. The van der Waals surface area contributed by atoms with E-state index in [1.165, 1.54) is 0 Å². The fourth-order valence-electron chi connectivity index (χ4n) is 1.68. The molecule has 2 atom stereocenters. The molecule has 0 saturated carbocycles. The normalized spacial score (nSPS) is 17.8. The maximum Gasteiger partial charge on any atom is 0.134 e. The molecule has 2 N–H and O–H groups in total. The highest BCUT2D eigenvalue weighted by atomic mass is 19.1. The maximum absolute atomic E-state index is 14.2. The Labute approximate surface area is 87.0 Å². The van der Waals surface area contributed by atoms with Gasteiger partial charge in [-0.15, -0.1) is 0 Å². The number of hydrogen-bond donors (Lipinski definition) is 1. The smallest absolute Gasteiger partial charge is 0.134 e. The van der Waals surface area contributed by atoms with Crippen LogP contribution in [0.1, 0.15) is 39.5 Å². The fourth-order valence-corrected chi connectivity index (χ4v) is 1.68. The van der Waals surface area contributed by atoms with Gasteiger partial charge in [0.15, 0.2) is 0 Å². The van der Waals surface area contributed by atoms with Gasteiger partial charge in [-0.3, -0.25) is 0 Å². The minimum absolute atomic E-state index is 0.192. The minimum Gasteiger partial charge on any atom is -0.381 e. The number of alkyl halides is 1. The summed E-state index contributed by atoms with van der Waals surface area (Å²) in [6, 6.07) is 0. The zero-order chi connectivity index (χ0) is 11.0. The van der Waals surface area contributed by atoms with Crippen LogP contribution in [0.3, 0.4) is 0 Å². The van der Waals surface area contributed by atoms with Gasteiger partial charge in [-0.05, 0) is 31.7 Å². The minimum atomic E-state index is -1.18. The molecule has 14 heavy (non-hydrogen) atoms. The van der Waals surface area contributed by atoms with Crippen LogP contribution in [0.2, 0.25) is 0 Å². The van der Waals surface area contributed by atoms with Gasteiger partial charge in [0.05, 0.1) is 6.61 Å². The van der Waals surface area contributed by atoms with E-state index in [-0.39, 0.29) is 6.61 Å². The molecule has 2 unspecified atom stereocenters. The zero-order valence-electron chi connectivity index (χ0n) is 9.68. The third-order valence-electron chi connectivity index (χ3n) is 2.64. The van der Waals surface area contributed by atoms with Crippen molar-refractivity contribution in [3.8, 4) is 0 Å². The highest BCUT2D eigenvalue weighted by Crippen LogP contribution is 2.28. The summed E-state index contributed by atoms with van der Waals surface area (Å²) in [4.78, 5) is 0. The Bertz CT molecular complexity index is 143. The SMILES string of the molecule is CCC(C)CC(F)(CCCN)COC. The number of rotatable bonds is 8. The molecule has 0 saturated heterocycles. The maximum atomic E-state index is 14.2. The Morgan fingerprint density at radius 1 is 1.50 bits per heavy atom. The summed E-state index contributed by atoms with van der Waals surface area (Å²) < 4.78 is 19.2. The van der Waals surface area contributed by atoms with Gasteiger partial charge in [0, 0.05) is 7.11 Å². The standard InChI is InChI=1S/C11H24FNO/c1-4-10(2)8-11(12,9-14-3)6-5-7-13/h10H,4-9,13H2,1-3H3. The van der Waals surface area contributed by atoms with Crippen LogP contribution in [0.15, 0.2) is 0 Å². The van der Waals surface area contributed by atoms with E-state index in [1.807, 2.05) is 0 Å². The van der Waals surface area contributed by atoms with Gasteiger partial charge < -0.3 is 10.5 Å². The largest absolute Gasteiger partial charge is 0.381 e. The Balaban J connectivity index is 4.07. The molecule has 0 aromatic carbocycles. The lowest BCUT2D eigenvalue weighted by Gasteiger charge is -2.27. The number of halogens is 1. The van der Waals surface area contributed by atoms with Crippen LogP contribution in [0, 0.1) is 5.92 Å². The molecule has 0 aliphatic carbocycles. The number of hydrogen-bond acceptors (Lipinski definition) is 2. The van der Waals surface area contributed by atoms with Crippen LogP contribution in [0.25, 0.3) is 0 Å². The van der Waals surface area contributed by atoms with Crippen LogP contribution in [0.4, 0.5) is 4.39 Å². The molecular formula is C11H24FNO. The average Bonchev–Trinajstić information content (AvgIpc) is 2.15. The van der Waals surface area contributed by atoms with Gasteiger partial charge in [-0.2, -0.15) is 0 Å². The third kappa shape index (κ3) is 5.55. The van der Waals surface area contributed by atoms with E-state index in [2.05, 4.69) is 13.8 Å². The second-order valence-electron chi connectivity index (χ2n) is 4.19. The second kappa shape index (κ2) is 7.18. The van der Waals surface area contributed by atoms with Gasteiger partial charge in [-0.25, -0.2) is 4.39 Å². The first kappa shape index (κ1) is 13.8. The molecule has 0 spiro atoms. The molecule has 3 heteroatoms. The lowest BCUT2D eigenvalue weighted by molar-refractivity contribution is 0.0158. The Morgan fingerprint density at radius 3 is 2.57 bits per heavy atom. The summed E-state index contributed by atoms with van der Waals surface area (Å²) in [5.41, 5.74) is 4.21. The van der Waals surface area contributed by atoms with Crippen molar-refractivity contribution in [2.24, 2.45) is 11.7 Å². The Hall–Kier alpha value is -0.150. The monoisotopic (exact) mass is 205 g/mol. The van der Waals surface area contributed by atoms with Crippen LogP contribution < -0.4 is 5.73 Å². The molecular weight excluding hydrogens is 181 g/mol. The van der Waals surface area contributed by atoms with Crippen LogP contribution in [0.5, 0.6) is 0 Å². The highest BCUT2D eigenvalue weighted by molar-refractivity contribution is 4.80. The summed E-state index contributed by atoms with van der Waals surface area (Å²) in [6.45, 7) is 4.90. The molecule has 0 heterocycles. The van der Waals surface area contributed by atoms with Crippen molar-refractivity contribution in [1.82, 2.24) is 0 Å². The highest BCUT2D eigenvalue weighted by Gasteiger charge is 2.30. The molecule has 86 valence electrons. The molecule has 0 radical (unpaired) electrons. The molecule has 0 aliphatic rings. The van der Waals surface area contributed by atoms with E-state index in [0.717, 1.165) is 12.8 Å². The van der Waals surface area contributed by atoms with E-state index < -0.39 is 5.67 Å². The summed E-state index contributed by atoms with van der Waals surface area (Å²) in [5, 5.41) is 0. The van der Waals surface area contributed by atoms with Crippen molar-refractivity contribution < 1.29 is 9.13 Å². The second-order valence-corrected chi connectivity index (χ2v) is 4.19. The van der Waals surface area contributed by atoms with E-state index >= 15 is 0 Å². The summed E-state index contributed by atoms with van der Waals surface area (Å²) >= 11 is 0. The molecule has 2 nitrogen and oxygen atoms in total. The lowest BCUT2D eigenvalue weighted by atomic mass is 9.88. The number of methoxy groups -OCH3 is 1. The predicted molar refractivity (Wildman–Crippen MR) is 58.1 cm³/mol. The van der Waals surface area contributed by atoms with Crippen molar-refractivity contribution in [1.29, 1.82) is 0 Å². The van der Waals surface area contributed by atoms with E-state index in [4.69, 9.17) is 10.5 Å². The van der Waals surface area contributed by atoms with Crippen LogP contribution in [-0.4, -0.2) is 25.9 Å². The van der Waals surface area contributed by atoms with Crippen molar-refractivity contribution in [2.45, 2.75) is 45.2 Å². The van der Waals surface area contributed by atoms with Crippen molar-refractivity contribution >= 4 is 0 Å². The quantitative estimate of drug-likeness (QED) is 0.661. The van der Waals surface area contributed by atoms with E-state index in [1.54, 1.807) is 7.11 Å². The molecule has 0 aromatic heterocycles. The van der Waals surface area contributed by atoms with Crippen LogP contribution in [-0.2, 0) is 4.74 Å². The van der Waals surface area contributed by atoms with E-state index in [0.29, 0.717) is 25.3 Å². The molecule has 0 aliphatic heterocycles. The van der Waals surface area contributed by atoms with Gasteiger partial charge in [0.25, 0.3) is 0 Å². The van der Waals surface area contributed by atoms with Gasteiger partial charge in [0.1, 0.15) is 5.67 Å². The van der Waals surface area contributed by atoms with Crippen molar-refractivity contribution in [2.75, 3.05) is 20.3 Å². The molecule has 0 amide bonds. The number of nitrogens with two attached hydrogens (primary N) is 1. The summed E-state index contributed by atoms with van der Waals surface area (Å²) in [7, 11) is 1.55. The topological polar surface area (TPSA) is 35.2 Å².